The first-order chi connectivity index (χ1) is 10.3. The SMILES string of the molecule is O=C(O)c1cccc([O-])c1[O-].O=C(O)c1cccc([O-])c1[O-].[Ti+4]. The molecule has 0 saturated carbocycles. The van der Waals surface area contributed by atoms with Gasteiger partial charge in [-0.1, -0.05) is 24.3 Å². The molecule has 23 heavy (non-hydrogen) atoms. The molecule has 0 aliphatic carbocycles. The van der Waals surface area contributed by atoms with Crippen LogP contribution in [0.2, 0.25) is 0 Å². The molecule has 116 valence electrons. The number of rotatable bonds is 2. The van der Waals surface area contributed by atoms with Crippen molar-refractivity contribution in [2.45, 2.75) is 0 Å². The molecular formula is C14H8O8Ti. The molecule has 0 amide bonds. The van der Waals surface area contributed by atoms with E-state index in [0.29, 0.717) is 0 Å². The molecule has 0 saturated heterocycles. The number of hydrogen-bond acceptors (Lipinski definition) is 6. The second kappa shape index (κ2) is 8.67. The smallest absolute Gasteiger partial charge is 0.873 e. The molecule has 2 N–H and O–H groups in total. The summed E-state index contributed by atoms with van der Waals surface area (Å²) in [5.74, 6) is -6.23. The van der Waals surface area contributed by atoms with E-state index in [1.54, 1.807) is 0 Å². The maximum Gasteiger partial charge on any atom is 4.00 e. The average Bonchev–Trinajstić information content (AvgIpc) is 2.45. The third-order valence-corrected chi connectivity index (χ3v) is 2.42. The van der Waals surface area contributed by atoms with Crippen LogP contribution in [0.3, 0.4) is 0 Å². The Bertz CT molecular complexity index is 652. The maximum atomic E-state index is 10.7. The van der Waals surface area contributed by atoms with Gasteiger partial charge in [-0.3, -0.25) is 0 Å². The van der Waals surface area contributed by atoms with Crippen molar-refractivity contribution in [2.24, 2.45) is 0 Å². The van der Waals surface area contributed by atoms with E-state index in [1.807, 2.05) is 0 Å². The number of aromatic carboxylic acids is 2. The molecule has 0 fully saturated rings. The van der Waals surface area contributed by atoms with E-state index >= 15 is 0 Å². The monoisotopic (exact) mass is 352 g/mol. The van der Waals surface area contributed by atoms with Gasteiger partial charge in [0.05, 0.1) is 11.1 Å². The number of para-hydroxylation sites is 2. The summed E-state index contributed by atoms with van der Waals surface area (Å²) in [5, 5.41) is 59.3. The zero-order chi connectivity index (χ0) is 16.9. The molecule has 9 heteroatoms. The number of benzene rings is 2. The normalized spacial score (nSPS) is 9.04. The first kappa shape index (κ1) is 20.3. The Kier molecular flexibility index (Phi) is 7.65. The van der Waals surface area contributed by atoms with Crippen LogP contribution in [0.25, 0.3) is 0 Å². The van der Waals surface area contributed by atoms with E-state index in [0.717, 1.165) is 24.3 Å². The van der Waals surface area contributed by atoms with Crippen LogP contribution >= 0.6 is 0 Å². The van der Waals surface area contributed by atoms with Gasteiger partial charge in [0.15, 0.2) is 0 Å². The van der Waals surface area contributed by atoms with E-state index in [-0.39, 0.29) is 21.7 Å². The third-order valence-electron chi connectivity index (χ3n) is 2.42. The van der Waals surface area contributed by atoms with Gasteiger partial charge in [-0.15, -0.1) is 23.0 Å². The molecule has 0 spiro atoms. The van der Waals surface area contributed by atoms with Crippen molar-refractivity contribution in [3.8, 4) is 23.0 Å². The van der Waals surface area contributed by atoms with Crippen molar-refractivity contribution in [3.63, 3.8) is 0 Å². The predicted octanol–water partition coefficient (Wildman–Crippen LogP) is -0.939. The average molecular weight is 352 g/mol. The summed E-state index contributed by atoms with van der Waals surface area (Å²) in [5.41, 5.74) is -0.949. The maximum absolute atomic E-state index is 10.7. The predicted molar refractivity (Wildman–Crippen MR) is 64.6 cm³/mol. The van der Waals surface area contributed by atoms with Gasteiger partial charge in [0.25, 0.3) is 0 Å². The Balaban J connectivity index is 0.000000403. The summed E-state index contributed by atoms with van der Waals surface area (Å²) in [7, 11) is 0. The number of carboxylic acids is 2. The molecule has 0 aliphatic rings. The van der Waals surface area contributed by atoms with E-state index in [2.05, 4.69) is 0 Å². The molecule has 0 unspecified atom stereocenters. The summed E-state index contributed by atoms with van der Waals surface area (Å²) >= 11 is 0. The molecule has 0 aliphatic heterocycles. The molecular weight excluding hydrogens is 344 g/mol. The molecule has 2 aromatic carbocycles. The topological polar surface area (TPSA) is 167 Å². The van der Waals surface area contributed by atoms with Gasteiger partial charge in [-0.25, -0.2) is 9.59 Å². The second-order valence-corrected chi connectivity index (χ2v) is 3.88. The summed E-state index contributed by atoms with van der Waals surface area (Å²) in [6, 6.07) is 6.77. The quantitative estimate of drug-likeness (QED) is 0.653. The first-order valence-electron chi connectivity index (χ1n) is 5.66. The minimum atomic E-state index is -1.37. The molecule has 0 aromatic heterocycles. The Morgan fingerprint density at radius 1 is 0.696 bits per heavy atom. The second-order valence-electron chi connectivity index (χ2n) is 3.88. The first-order valence-corrected chi connectivity index (χ1v) is 5.66. The summed E-state index contributed by atoms with van der Waals surface area (Å²) in [4.78, 5) is 20.5. The minimum absolute atomic E-state index is 0. The molecule has 0 bridgehead atoms. The van der Waals surface area contributed by atoms with Crippen LogP contribution in [0.5, 0.6) is 23.0 Å². The van der Waals surface area contributed by atoms with Crippen LogP contribution in [-0.2, 0) is 21.7 Å². The van der Waals surface area contributed by atoms with Crippen LogP contribution in [0.15, 0.2) is 36.4 Å². The standard InChI is InChI=1S/2C7H6O4.Ti/c2*8-5-3-1-2-4(6(5)9)7(10)11;/h2*1-3,8-9H,(H,10,11);/q;;+4/p-4. The fourth-order valence-corrected chi connectivity index (χ4v) is 1.37. The number of carbonyl (C=O) groups is 2. The van der Waals surface area contributed by atoms with Gasteiger partial charge >= 0.3 is 33.7 Å². The van der Waals surface area contributed by atoms with E-state index < -0.39 is 46.1 Å². The van der Waals surface area contributed by atoms with Gasteiger partial charge < -0.3 is 30.6 Å². The molecule has 8 nitrogen and oxygen atoms in total. The Morgan fingerprint density at radius 2 is 1.00 bits per heavy atom. The summed E-state index contributed by atoms with van der Waals surface area (Å²) < 4.78 is 0. The van der Waals surface area contributed by atoms with Gasteiger partial charge in [0.1, 0.15) is 0 Å². The van der Waals surface area contributed by atoms with Crippen molar-refractivity contribution in [3.05, 3.63) is 47.5 Å². The zero-order valence-electron chi connectivity index (χ0n) is 11.3. The van der Waals surface area contributed by atoms with Gasteiger partial charge in [-0.2, -0.15) is 0 Å². The Hall–Kier alpha value is -2.71. The van der Waals surface area contributed by atoms with Crippen molar-refractivity contribution in [1.82, 2.24) is 0 Å². The van der Waals surface area contributed by atoms with Crippen LogP contribution < -0.4 is 20.4 Å². The van der Waals surface area contributed by atoms with Gasteiger partial charge in [-0.05, 0) is 12.1 Å². The van der Waals surface area contributed by atoms with Crippen molar-refractivity contribution < 1.29 is 61.9 Å². The van der Waals surface area contributed by atoms with Crippen molar-refractivity contribution >= 4 is 11.9 Å². The minimum Gasteiger partial charge on any atom is -0.873 e. The van der Waals surface area contributed by atoms with E-state index in [9.17, 15) is 30.0 Å². The fourth-order valence-electron chi connectivity index (χ4n) is 1.37. The molecule has 2 aromatic rings. The van der Waals surface area contributed by atoms with Crippen molar-refractivity contribution in [2.75, 3.05) is 0 Å². The Morgan fingerprint density at radius 3 is 1.22 bits per heavy atom. The number of hydrogen-bond donors (Lipinski definition) is 2. The summed E-state index contributed by atoms with van der Waals surface area (Å²) in [6.07, 6.45) is 0. The third kappa shape index (κ3) is 5.21. The van der Waals surface area contributed by atoms with E-state index in [4.69, 9.17) is 10.2 Å². The van der Waals surface area contributed by atoms with Crippen LogP contribution in [0.1, 0.15) is 20.7 Å². The molecule has 2 rings (SSSR count). The van der Waals surface area contributed by atoms with Crippen molar-refractivity contribution in [1.29, 1.82) is 0 Å². The van der Waals surface area contributed by atoms with Crippen LogP contribution in [0, 0.1) is 0 Å². The molecule has 0 atom stereocenters. The van der Waals surface area contributed by atoms with Gasteiger partial charge in [0.2, 0.25) is 0 Å². The Labute approximate surface area is 144 Å². The van der Waals surface area contributed by atoms with Crippen LogP contribution in [0.4, 0.5) is 0 Å². The summed E-state index contributed by atoms with van der Waals surface area (Å²) in [6.45, 7) is 0. The van der Waals surface area contributed by atoms with Gasteiger partial charge in [0, 0.05) is 0 Å². The van der Waals surface area contributed by atoms with Crippen LogP contribution in [-0.4, -0.2) is 22.2 Å². The fraction of sp³-hybridized carbons (Fsp3) is 0. The molecule has 0 heterocycles. The van der Waals surface area contributed by atoms with E-state index in [1.165, 1.54) is 12.1 Å². The zero-order valence-corrected chi connectivity index (χ0v) is 12.9. The largest absolute Gasteiger partial charge is 4.00 e. The molecule has 0 radical (unpaired) electrons. The number of carboxylic acid groups (broad SMARTS) is 2.